The SMILES string of the molecule is CC(N)C(=O)N1CC(CC(=O)O)C1. The van der Waals surface area contributed by atoms with Gasteiger partial charge in [0.05, 0.1) is 12.5 Å². The summed E-state index contributed by atoms with van der Waals surface area (Å²) in [6, 6.07) is -0.481. The highest BCUT2D eigenvalue weighted by molar-refractivity contribution is 5.82. The Morgan fingerprint density at radius 1 is 1.62 bits per heavy atom. The molecule has 0 aliphatic carbocycles. The van der Waals surface area contributed by atoms with E-state index in [4.69, 9.17) is 10.8 Å². The van der Waals surface area contributed by atoms with Crippen LogP contribution in [0, 0.1) is 5.92 Å². The summed E-state index contributed by atoms with van der Waals surface area (Å²) in [6.45, 7) is 2.70. The molecule has 5 nitrogen and oxygen atoms in total. The van der Waals surface area contributed by atoms with Crippen molar-refractivity contribution in [1.82, 2.24) is 4.90 Å². The van der Waals surface area contributed by atoms with Gasteiger partial charge in [-0.2, -0.15) is 0 Å². The Hall–Kier alpha value is -1.10. The van der Waals surface area contributed by atoms with Crippen molar-refractivity contribution in [3.05, 3.63) is 0 Å². The second kappa shape index (κ2) is 3.74. The van der Waals surface area contributed by atoms with Gasteiger partial charge >= 0.3 is 5.97 Å². The van der Waals surface area contributed by atoms with Crippen LogP contribution in [0.3, 0.4) is 0 Å². The van der Waals surface area contributed by atoms with E-state index in [-0.39, 0.29) is 18.2 Å². The van der Waals surface area contributed by atoms with Crippen molar-refractivity contribution >= 4 is 11.9 Å². The lowest BCUT2D eigenvalue weighted by atomic mass is 9.96. The number of carboxylic acid groups (broad SMARTS) is 1. The van der Waals surface area contributed by atoms with Crippen LogP contribution < -0.4 is 5.73 Å². The maximum absolute atomic E-state index is 11.2. The molecule has 1 aliphatic heterocycles. The Labute approximate surface area is 76.5 Å². The van der Waals surface area contributed by atoms with Crippen LogP contribution in [0.5, 0.6) is 0 Å². The van der Waals surface area contributed by atoms with E-state index in [0.29, 0.717) is 13.1 Å². The Morgan fingerprint density at radius 2 is 2.15 bits per heavy atom. The zero-order valence-electron chi connectivity index (χ0n) is 7.56. The monoisotopic (exact) mass is 186 g/mol. The number of aliphatic carboxylic acids is 1. The molecule has 1 heterocycles. The molecule has 1 aliphatic rings. The van der Waals surface area contributed by atoms with Gasteiger partial charge in [-0.05, 0) is 6.92 Å². The lowest BCUT2D eigenvalue weighted by molar-refractivity contribution is -0.145. The molecule has 1 rings (SSSR count). The van der Waals surface area contributed by atoms with Gasteiger partial charge in [-0.25, -0.2) is 0 Å². The van der Waals surface area contributed by atoms with Crippen LogP contribution in [0.15, 0.2) is 0 Å². The van der Waals surface area contributed by atoms with E-state index in [9.17, 15) is 9.59 Å². The minimum atomic E-state index is -0.808. The highest BCUT2D eigenvalue weighted by atomic mass is 16.4. The quantitative estimate of drug-likeness (QED) is 0.608. The van der Waals surface area contributed by atoms with Gasteiger partial charge in [-0.1, -0.05) is 0 Å². The molecular weight excluding hydrogens is 172 g/mol. The summed E-state index contributed by atoms with van der Waals surface area (Å²) < 4.78 is 0. The number of nitrogens with zero attached hydrogens (tertiary/aromatic N) is 1. The average molecular weight is 186 g/mol. The molecule has 0 saturated carbocycles. The number of rotatable bonds is 3. The molecule has 1 amide bonds. The first-order valence-corrected chi connectivity index (χ1v) is 4.27. The zero-order chi connectivity index (χ0) is 10.0. The number of hydrogen-bond donors (Lipinski definition) is 2. The van der Waals surface area contributed by atoms with Gasteiger partial charge in [0.25, 0.3) is 0 Å². The van der Waals surface area contributed by atoms with Crippen LogP contribution in [-0.4, -0.2) is 41.0 Å². The van der Waals surface area contributed by atoms with Gasteiger partial charge in [-0.15, -0.1) is 0 Å². The van der Waals surface area contributed by atoms with Gasteiger partial charge < -0.3 is 15.7 Å². The van der Waals surface area contributed by atoms with Gasteiger partial charge in [0.2, 0.25) is 5.91 Å². The van der Waals surface area contributed by atoms with Crippen molar-refractivity contribution in [2.24, 2.45) is 11.7 Å². The van der Waals surface area contributed by atoms with Crippen LogP contribution >= 0.6 is 0 Å². The van der Waals surface area contributed by atoms with Gasteiger partial charge in [0.15, 0.2) is 0 Å². The standard InChI is InChI=1S/C8H14N2O3/c1-5(9)8(13)10-3-6(4-10)2-7(11)12/h5-6H,2-4,9H2,1H3,(H,11,12). The summed E-state index contributed by atoms with van der Waals surface area (Å²) in [6.07, 6.45) is 0.142. The lowest BCUT2D eigenvalue weighted by Gasteiger charge is -2.39. The highest BCUT2D eigenvalue weighted by Gasteiger charge is 2.32. The fraction of sp³-hybridized carbons (Fsp3) is 0.750. The summed E-state index contributed by atoms with van der Waals surface area (Å²) in [5.41, 5.74) is 5.39. The van der Waals surface area contributed by atoms with Crippen LogP contribution in [0.1, 0.15) is 13.3 Å². The van der Waals surface area contributed by atoms with E-state index in [1.807, 2.05) is 0 Å². The summed E-state index contributed by atoms with van der Waals surface area (Å²) in [5, 5.41) is 8.45. The Kier molecular flexibility index (Phi) is 2.87. The summed E-state index contributed by atoms with van der Waals surface area (Å²) in [5.74, 6) is -0.792. The fourth-order valence-electron chi connectivity index (χ4n) is 1.41. The number of hydrogen-bond acceptors (Lipinski definition) is 3. The predicted octanol–water partition coefficient (Wildman–Crippen LogP) is -0.733. The van der Waals surface area contributed by atoms with Crippen molar-refractivity contribution < 1.29 is 14.7 Å². The molecule has 3 N–H and O–H groups in total. The molecule has 1 atom stereocenters. The zero-order valence-corrected chi connectivity index (χ0v) is 7.56. The third kappa shape index (κ3) is 2.42. The smallest absolute Gasteiger partial charge is 0.303 e. The van der Waals surface area contributed by atoms with Crippen LogP contribution in [0.2, 0.25) is 0 Å². The summed E-state index contributed by atoms with van der Waals surface area (Å²) in [4.78, 5) is 23.1. The number of amides is 1. The molecule has 1 saturated heterocycles. The highest BCUT2D eigenvalue weighted by Crippen LogP contribution is 2.19. The third-order valence-corrected chi connectivity index (χ3v) is 2.12. The number of carbonyl (C=O) groups excluding carboxylic acids is 1. The number of nitrogens with two attached hydrogens (primary N) is 1. The molecule has 1 unspecified atom stereocenters. The van der Waals surface area contributed by atoms with Gasteiger partial charge in [-0.3, -0.25) is 9.59 Å². The third-order valence-electron chi connectivity index (χ3n) is 2.12. The Bertz CT molecular complexity index is 221. The first-order chi connectivity index (χ1) is 6.00. The fourth-order valence-corrected chi connectivity index (χ4v) is 1.41. The molecule has 0 spiro atoms. The van der Waals surface area contributed by atoms with E-state index in [2.05, 4.69) is 0 Å². The molecule has 0 radical (unpaired) electrons. The van der Waals surface area contributed by atoms with Crippen LogP contribution in [0.25, 0.3) is 0 Å². The molecule has 5 heteroatoms. The van der Waals surface area contributed by atoms with E-state index in [1.54, 1.807) is 11.8 Å². The van der Waals surface area contributed by atoms with E-state index >= 15 is 0 Å². The van der Waals surface area contributed by atoms with Crippen LogP contribution in [0.4, 0.5) is 0 Å². The molecule has 74 valence electrons. The molecule has 1 fully saturated rings. The molecule has 0 aromatic carbocycles. The summed E-state index contributed by atoms with van der Waals surface area (Å²) in [7, 11) is 0. The molecular formula is C8H14N2O3. The van der Waals surface area contributed by atoms with Crippen molar-refractivity contribution in [3.8, 4) is 0 Å². The topological polar surface area (TPSA) is 83.6 Å². The number of carboxylic acids is 1. The largest absolute Gasteiger partial charge is 0.481 e. The van der Waals surface area contributed by atoms with E-state index < -0.39 is 12.0 Å². The van der Waals surface area contributed by atoms with Gasteiger partial charge in [0, 0.05) is 19.0 Å². The Morgan fingerprint density at radius 3 is 2.54 bits per heavy atom. The van der Waals surface area contributed by atoms with Gasteiger partial charge in [0.1, 0.15) is 0 Å². The molecule has 0 aromatic heterocycles. The van der Waals surface area contributed by atoms with Crippen LogP contribution in [-0.2, 0) is 9.59 Å². The number of likely N-dealkylation sites (tertiary alicyclic amines) is 1. The molecule has 13 heavy (non-hydrogen) atoms. The second-order valence-corrected chi connectivity index (χ2v) is 3.50. The first kappa shape index (κ1) is 9.98. The average Bonchev–Trinajstić information content (AvgIpc) is 1.94. The maximum Gasteiger partial charge on any atom is 0.303 e. The number of carbonyl (C=O) groups is 2. The predicted molar refractivity (Wildman–Crippen MR) is 46.0 cm³/mol. The Balaban J connectivity index is 2.25. The normalized spacial score (nSPS) is 19.4. The maximum atomic E-state index is 11.2. The molecule has 0 bridgehead atoms. The molecule has 0 aromatic rings. The second-order valence-electron chi connectivity index (χ2n) is 3.50. The van der Waals surface area contributed by atoms with Crippen molar-refractivity contribution in [2.75, 3.05) is 13.1 Å². The van der Waals surface area contributed by atoms with Crippen molar-refractivity contribution in [2.45, 2.75) is 19.4 Å². The minimum Gasteiger partial charge on any atom is -0.481 e. The lowest BCUT2D eigenvalue weighted by Crippen LogP contribution is -2.54. The van der Waals surface area contributed by atoms with Crippen molar-refractivity contribution in [3.63, 3.8) is 0 Å². The van der Waals surface area contributed by atoms with E-state index in [0.717, 1.165) is 0 Å². The first-order valence-electron chi connectivity index (χ1n) is 4.27. The van der Waals surface area contributed by atoms with E-state index in [1.165, 1.54) is 0 Å². The summed E-state index contributed by atoms with van der Waals surface area (Å²) >= 11 is 0. The van der Waals surface area contributed by atoms with Crippen molar-refractivity contribution in [1.29, 1.82) is 0 Å². The minimum absolute atomic E-state index is 0.0957.